The highest BCUT2D eigenvalue weighted by Crippen LogP contribution is 2.18. The predicted octanol–water partition coefficient (Wildman–Crippen LogP) is 1.89. The molecule has 2 heterocycles. The fraction of sp³-hybridized carbons (Fsp3) is 0.500. The normalized spacial score (nSPS) is 27.8. The lowest BCUT2D eigenvalue weighted by Crippen LogP contribution is -2.35. The molecule has 0 amide bonds. The topological polar surface area (TPSA) is 27.1 Å². The van der Waals surface area contributed by atoms with Gasteiger partial charge < -0.3 is 5.32 Å². The van der Waals surface area contributed by atoms with E-state index < -0.39 is 0 Å². The van der Waals surface area contributed by atoms with E-state index in [1.54, 1.807) is 0 Å². The fourth-order valence-electron chi connectivity index (χ4n) is 2.62. The van der Waals surface area contributed by atoms with Gasteiger partial charge in [0.2, 0.25) is 0 Å². The van der Waals surface area contributed by atoms with E-state index >= 15 is 0 Å². The molecule has 1 aromatic carbocycles. The standard InChI is InChI=1S/C16H23N3/c1-2-4-14(5-3-1)6-7-16-13-19(16)18-12-15-8-10-17-11-9-15/h1-7,15-18H,8-13H2/b7-6+. The molecule has 3 heteroatoms. The number of hydrogen-bond acceptors (Lipinski definition) is 3. The second-order valence-electron chi connectivity index (χ2n) is 5.55. The Balaban J connectivity index is 1.38. The molecule has 2 aliphatic heterocycles. The van der Waals surface area contributed by atoms with Gasteiger partial charge in [-0.1, -0.05) is 42.5 Å². The van der Waals surface area contributed by atoms with Crippen molar-refractivity contribution in [3.8, 4) is 0 Å². The van der Waals surface area contributed by atoms with Gasteiger partial charge in [0.05, 0.1) is 6.04 Å². The maximum absolute atomic E-state index is 3.57. The predicted molar refractivity (Wildman–Crippen MR) is 79.6 cm³/mol. The molecule has 0 saturated carbocycles. The molecule has 1 aromatic rings. The summed E-state index contributed by atoms with van der Waals surface area (Å²) in [6.07, 6.45) is 7.14. The Kier molecular flexibility index (Phi) is 4.28. The molecular formula is C16H23N3. The van der Waals surface area contributed by atoms with E-state index in [0.29, 0.717) is 6.04 Å². The minimum atomic E-state index is 0.585. The summed E-state index contributed by atoms with van der Waals surface area (Å²) in [6.45, 7) is 4.65. The smallest absolute Gasteiger partial charge is 0.0569 e. The molecule has 0 bridgehead atoms. The third-order valence-electron chi connectivity index (χ3n) is 4.00. The van der Waals surface area contributed by atoms with Crippen molar-refractivity contribution >= 4 is 6.08 Å². The lowest BCUT2D eigenvalue weighted by atomic mass is 9.99. The molecule has 0 radical (unpaired) electrons. The Morgan fingerprint density at radius 1 is 1.21 bits per heavy atom. The molecule has 0 aliphatic carbocycles. The summed E-state index contributed by atoms with van der Waals surface area (Å²) < 4.78 is 0. The molecule has 0 spiro atoms. The first-order chi connectivity index (χ1) is 9.42. The third-order valence-corrected chi connectivity index (χ3v) is 4.00. The van der Waals surface area contributed by atoms with Gasteiger partial charge >= 0.3 is 0 Å². The van der Waals surface area contributed by atoms with E-state index in [-0.39, 0.29) is 0 Å². The van der Waals surface area contributed by atoms with E-state index in [0.717, 1.165) is 19.0 Å². The zero-order chi connectivity index (χ0) is 12.9. The van der Waals surface area contributed by atoms with Crippen LogP contribution in [0, 0.1) is 5.92 Å². The summed E-state index contributed by atoms with van der Waals surface area (Å²) in [5.41, 5.74) is 4.85. The van der Waals surface area contributed by atoms with Crippen LogP contribution in [0.3, 0.4) is 0 Å². The number of hydrogen-bond donors (Lipinski definition) is 2. The van der Waals surface area contributed by atoms with Gasteiger partial charge in [-0.05, 0) is 37.4 Å². The highest BCUT2D eigenvalue weighted by molar-refractivity contribution is 5.50. The van der Waals surface area contributed by atoms with Crippen molar-refractivity contribution in [3.63, 3.8) is 0 Å². The van der Waals surface area contributed by atoms with Gasteiger partial charge in [0.15, 0.2) is 0 Å². The van der Waals surface area contributed by atoms with Crippen molar-refractivity contribution in [1.82, 2.24) is 15.8 Å². The van der Waals surface area contributed by atoms with Crippen LogP contribution in [-0.2, 0) is 0 Å². The van der Waals surface area contributed by atoms with E-state index in [1.807, 2.05) is 0 Å². The van der Waals surface area contributed by atoms with Crippen LogP contribution in [0.5, 0.6) is 0 Å². The molecule has 0 aromatic heterocycles. The van der Waals surface area contributed by atoms with Gasteiger partial charge in [0.25, 0.3) is 0 Å². The number of benzene rings is 1. The number of hydrazine groups is 1. The molecule has 2 fully saturated rings. The molecule has 102 valence electrons. The van der Waals surface area contributed by atoms with E-state index in [4.69, 9.17) is 0 Å². The molecule has 2 N–H and O–H groups in total. The Morgan fingerprint density at radius 3 is 2.79 bits per heavy atom. The van der Waals surface area contributed by atoms with Crippen molar-refractivity contribution < 1.29 is 0 Å². The second kappa shape index (κ2) is 6.33. The minimum absolute atomic E-state index is 0.585. The van der Waals surface area contributed by atoms with Crippen LogP contribution < -0.4 is 10.7 Å². The first-order valence-corrected chi connectivity index (χ1v) is 7.36. The molecule has 3 rings (SSSR count). The van der Waals surface area contributed by atoms with Gasteiger partial charge in [0, 0.05) is 13.1 Å². The number of nitrogens with zero attached hydrogens (tertiary/aromatic N) is 1. The van der Waals surface area contributed by atoms with Gasteiger partial charge in [0.1, 0.15) is 0 Å². The van der Waals surface area contributed by atoms with Gasteiger partial charge in [-0.2, -0.15) is 0 Å². The number of nitrogens with one attached hydrogen (secondary N) is 2. The zero-order valence-electron chi connectivity index (χ0n) is 11.4. The van der Waals surface area contributed by atoms with Crippen molar-refractivity contribution in [2.24, 2.45) is 5.92 Å². The zero-order valence-corrected chi connectivity index (χ0v) is 11.4. The highest BCUT2D eigenvalue weighted by Gasteiger charge is 2.31. The van der Waals surface area contributed by atoms with Crippen molar-refractivity contribution in [3.05, 3.63) is 42.0 Å². The summed E-state index contributed by atoms with van der Waals surface area (Å²) >= 11 is 0. The Labute approximate surface area is 115 Å². The molecule has 2 aliphatic rings. The third kappa shape index (κ3) is 3.90. The van der Waals surface area contributed by atoms with Gasteiger partial charge in [-0.3, -0.25) is 5.43 Å². The van der Waals surface area contributed by atoms with E-state index in [2.05, 4.69) is 58.2 Å². The minimum Gasteiger partial charge on any atom is -0.317 e. The molecule has 19 heavy (non-hydrogen) atoms. The first-order valence-electron chi connectivity index (χ1n) is 7.36. The van der Waals surface area contributed by atoms with Crippen molar-refractivity contribution in [2.75, 3.05) is 26.2 Å². The molecule has 2 saturated heterocycles. The Bertz CT molecular complexity index is 409. The fourth-order valence-corrected chi connectivity index (χ4v) is 2.62. The van der Waals surface area contributed by atoms with Crippen LogP contribution >= 0.6 is 0 Å². The molecule has 2 unspecified atom stereocenters. The largest absolute Gasteiger partial charge is 0.317 e. The average Bonchev–Trinajstić information content (AvgIpc) is 3.24. The summed E-state index contributed by atoms with van der Waals surface area (Å²) in [6, 6.07) is 11.1. The van der Waals surface area contributed by atoms with Crippen LogP contribution in [0.25, 0.3) is 6.08 Å². The summed E-state index contributed by atoms with van der Waals surface area (Å²) in [7, 11) is 0. The first kappa shape index (κ1) is 12.9. The van der Waals surface area contributed by atoms with Crippen LogP contribution in [0.15, 0.2) is 36.4 Å². The van der Waals surface area contributed by atoms with Gasteiger partial charge in [-0.15, -0.1) is 0 Å². The summed E-state index contributed by atoms with van der Waals surface area (Å²) in [5.74, 6) is 0.848. The van der Waals surface area contributed by atoms with Crippen molar-refractivity contribution in [2.45, 2.75) is 18.9 Å². The Morgan fingerprint density at radius 2 is 2.00 bits per heavy atom. The lowest BCUT2D eigenvalue weighted by molar-refractivity contribution is 0.291. The summed E-state index contributed by atoms with van der Waals surface area (Å²) in [5, 5.41) is 5.75. The van der Waals surface area contributed by atoms with Crippen LogP contribution in [0.4, 0.5) is 0 Å². The average molecular weight is 257 g/mol. The maximum atomic E-state index is 3.57. The van der Waals surface area contributed by atoms with Crippen LogP contribution in [0.1, 0.15) is 18.4 Å². The molecular weight excluding hydrogens is 234 g/mol. The monoisotopic (exact) mass is 257 g/mol. The quantitative estimate of drug-likeness (QED) is 0.789. The van der Waals surface area contributed by atoms with E-state index in [9.17, 15) is 0 Å². The van der Waals surface area contributed by atoms with Crippen LogP contribution in [-0.4, -0.2) is 37.2 Å². The maximum Gasteiger partial charge on any atom is 0.0569 e. The van der Waals surface area contributed by atoms with Crippen LogP contribution in [0.2, 0.25) is 0 Å². The SMILES string of the molecule is C(=C\C1CN1NCC1CCNCC1)/c1ccccc1. The molecule has 2 atom stereocenters. The number of rotatable bonds is 5. The lowest BCUT2D eigenvalue weighted by Gasteiger charge is -2.23. The molecule has 3 nitrogen and oxygen atoms in total. The van der Waals surface area contributed by atoms with Crippen molar-refractivity contribution in [1.29, 1.82) is 0 Å². The number of piperidine rings is 1. The highest BCUT2D eigenvalue weighted by atomic mass is 15.6. The van der Waals surface area contributed by atoms with Gasteiger partial charge in [-0.25, -0.2) is 5.01 Å². The van der Waals surface area contributed by atoms with E-state index in [1.165, 1.54) is 31.5 Å². The summed E-state index contributed by atoms with van der Waals surface area (Å²) in [4.78, 5) is 0. The second-order valence-corrected chi connectivity index (χ2v) is 5.55. The Hall–Kier alpha value is -1.16.